The third-order valence-corrected chi connectivity index (χ3v) is 2.37. The second-order valence-electron chi connectivity index (χ2n) is 3.56. The molecule has 0 saturated carbocycles. The number of H-pyrrole nitrogens is 1. The van der Waals surface area contributed by atoms with Crippen molar-refractivity contribution in [1.29, 1.82) is 0 Å². The maximum absolute atomic E-state index is 11.6. The molecule has 0 saturated heterocycles. The number of carbonyl (C=O) groups excluding carboxylic acids is 1. The highest BCUT2D eigenvalue weighted by atomic mass is 16.1. The molecule has 2 aromatic heterocycles. The van der Waals surface area contributed by atoms with Crippen molar-refractivity contribution in [3.63, 3.8) is 0 Å². The zero-order valence-corrected chi connectivity index (χ0v) is 9.47. The van der Waals surface area contributed by atoms with Gasteiger partial charge in [-0.2, -0.15) is 0 Å². The first kappa shape index (κ1) is 11.3. The molecule has 0 atom stereocenters. The number of amides is 1. The van der Waals surface area contributed by atoms with Gasteiger partial charge in [0.05, 0.1) is 23.9 Å². The van der Waals surface area contributed by atoms with Crippen molar-refractivity contribution in [3.05, 3.63) is 42.0 Å². The van der Waals surface area contributed by atoms with Gasteiger partial charge in [-0.3, -0.25) is 14.8 Å². The highest BCUT2D eigenvalue weighted by molar-refractivity contribution is 5.91. The van der Waals surface area contributed by atoms with E-state index in [1.165, 1.54) is 12.5 Å². The Hall–Kier alpha value is -2.24. The average Bonchev–Trinajstić information content (AvgIpc) is 2.85. The number of carbonyl (C=O) groups is 1. The van der Waals surface area contributed by atoms with Crippen molar-refractivity contribution in [3.8, 4) is 0 Å². The van der Waals surface area contributed by atoms with Gasteiger partial charge in [0.15, 0.2) is 0 Å². The van der Waals surface area contributed by atoms with E-state index in [0.29, 0.717) is 18.7 Å². The number of hydrogen-bond acceptors (Lipinski definition) is 4. The van der Waals surface area contributed by atoms with Gasteiger partial charge < -0.3 is 10.3 Å². The molecule has 2 rings (SSSR count). The Morgan fingerprint density at radius 3 is 2.94 bits per heavy atom. The smallest absolute Gasteiger partial charge is 0.269 e. The molecule has 6 nitrogen and oxygen atoms in total. The lowest BCUT2D eigenvalue weighted by Crippen LogP contribution is -2.26. The molecule has 0 aromatic carbocycles. The van der Waals surface area contributed by atoms with Crippen LogP contribution < -0.4 is 5.32 Å². The van der Waals surface area contributed by atoms with Gasteiger partial charge in [0, 0.05) is 25.4 Å². The fourth-order valence-corrected chi connectivity index (χ4v) is 1.45. The second-order valence-corrected chi connectivity index (χ2v) is 3.56. The number of hydrogen-bond donors (Lipinski definition) is 2. The van der Waals surface area contributed by atoms with Crippen molar-refractivity contribution >= 4 is 5.91 Å². The molecule has 0 aliphatic carbocycles. The van der Waals surface area contributed by atoms with Crippen LogP contribution in [-0.2, 0) is 6.42 Å². The van der Waals surface area contributed by atoms with Crippen LogP contribution in [0.5, 0.6) is 0 Å². The molecular weight excluding hydrogens is 218 g/mol. The Labute approximate surface area is 98.5 Å². The molecule has 6 heteroatoms. The van der Waals surface area contributed by atoms with E-state index in [4.69, 9.17) is 0 Å². The van der Waals surface area contributed by atoms with Crippen LogP contribution in [0.4, 0.5) is 0 Å². The van der Waals surface area contributed by atoms with Gasteiger partial charge in [0.1, 0.15) is 5.69 Å². The van der Waals surface area contributed by atoms with Crippen molar-refractivity contribution < 1.29 is 4.79 Å². The zero-order chi connectivity index (χ0) is 12.1. The van der Waals surface area contributed by atoms with Crippen LogP contribution in [0.15, 0.2) is 24.9 Å². The lowest BCUT2D eigenvalue weighted by molar-refractivity contribution is 0.0949. The van der Waals surface area contributed by atoms with Gasteiger partial charge in [-0.25, -0.2) is 4.98 Å². The summed E-state index contributed by atoms with van der Waals surface area (Å²) in [6, 6.07) is 0. The molecule has 2 heterocycles. The maximum atomic E-state index is 11.6. The van der Waals surface area contributed by atoms with Crippen LogP contribution in [-0.4, -0.2) is 32.4 Å². The van der Waals surface area contributed by atoms with Gasteiger partial charge >= 0.3 is 0 Å². The van der Waals surface area contributed by atoms with Gasteiger partial charge in [0.25, 0.3) is 5.91 Å². The Morgan fingerprint density at radius 2 is 2.24 bits per heavy atom. The molecular formula is C11H13N5O. The summed E-state index contributed by atoms with van der Waals surface area (Å²) < 4.78 is 0. The van der Waals surface area contributed by atoms with E-state index in [2.05, 4.69) is 25.3 Å². The lowest BCUT2D eigenvalue weighted by Gasteiger charge is -2.04. The van der Waals surface area contributed by atoms with Gasteiger partial charge in [0.2, 0.25) is 0 Å². The largest absolute Gasteiger partial charge is 0.350 e. The maximum Gasteiger partial charge on any atom is 0.269 e. The molecule has 0 aliphatic rings. The average molecular weight is 231 g/mol. The molecule has 0 radical (unpaired) electrons. The van der Waals surface area contributed by atoms with Crippen molar-refractivity contribution in [2.45, 2.75) is 13.3 Å². The number of nitrogens with one attached hydrogen (secondary N) is 2. The summed E-state index contributed by atoms with van der Waals surface area (Å²) in [6.07, 6.45) is 6.94. The second kappa shape index (κ2) is 5.20. The quantitative estimate of drug-likeness (QED) is 0.801. The van der Waals surface area contributed by atoms with E-state index in [-0.39, 0.29) is 5.91 Å². The van der Waals surface area contributed by atoms with Crippen molar-refractivity contribution in [2.75, 3.05) is 6.54 Å². The summed E-state index contributed by atoms with van der Waals surface area (Å²) >= 11 is 0. The number of imidazole rings is 1. The standard InChI is InChI=1S/C11H13N5O/c1-8-9(14-5-4-13-8)2-3-15-11(17)10-6-12-7-16-10/h4-7H,2-3H2,1H3,(H,12,16)(H,15,17). The minimum atomic E-state index is -0.163. The number of nitrogens with zero attached hydrogens (tertiary/aromatic N) is 3. The van der Waals surface area contributed by atoms with Crippen LogP contribution in [0.3, 0.4) is 0 Å². The van der Waals surface area contributed by atoms with Gasteiger partial charge in [-0.15, -0.1) is 0 Å². The number of aryl methyl sites for hydroxylation is 1. The molecule has 0 fully saturated rings. The van der Waals surface area contributed by atoms with Crippen LogP contribution in [0.1, 0.15) is 21.9 Å². The first-order valence-electron chi connectivity index (χ1n) is 5.30. The molecule has 2 N–H and O–H groups in total. The first-order chi connectivity index (χ1) is 8.27. The van der Waals surface area contributed by atoms with E-state index < -0.39 is 0 Å². The summed E-state index contributed by atoms with van der Waals surface area (Å²) in [7, 11) is 0. The SMILES string of the molecule is Cc1nccnc1CCNC(=O)c1cnc[nH]1. The number of aromatic nitrogens is 4. The minimum absolute atomic E-state index is 0.163. The van der Waals surface area contributed by atoms with Gasteiger partial charge in [-0.05, 0) is 6.92 Å². The molecule has 17 heavy (non-hydrogen) atoms. The zero-order valence-electron chi connectivity index (χ0n) is 9.47. The molecule has 88 valence electrons. The summed E-state index contributed by atoms with van der Waals surface area (Å²) in [5.74, 6) is -0.163. The van der Waals surface area contributed by atoms with Crippen LogP contribution in [0.2, 0.25) is 0 Å². The first-order valence-corrected chi connectivity index (χ1v) is 5.30. The summed E-state index contributed by atoms with van der Waals surface area (Å²) in [6.45, 7) is 2.43. The van der Waals surface area contributed by atoms with E-state index in [0.717, 1.165) is 11.4 Å². The summed E-state index contributed by atoms with van der Waals surface area (Å²) in [5, 5.41) is 2.78. The Kier molecular flexibility index (Phi) is 3.44. The highest BCUT2D eigenvalue weighted by Crippen LogP contribution is 1.99. The molecule has 0 spiro atoms. The van der Waals surface area contributed by atoms with E-state index >= 15 is 0 Å². The molecule has 2 aromatic rings. The van der Waals surface area contributed by atoms with Crippen molar-refractivity contribution in [2.24, 2.45) is 0 Å². The molecule has 0 bridgehead atoms. The predicted molar refractivity (Wildman–Crippen MR) is 61.4 cm³/mol. The van der Waals surface area contributed by atoms with Crippen LogP contribution >= 0.6 is 0 Å². The summed E-state index contributed by atoms with van der Waals surface area (Å²) in [4.78, 5) is 26.4. The highest BCUT2D eigenvalue weighted by Gasteiger charge is 2.06. The molecule has 0 unspecified atom stereocenters. The van der Waals surface area contributed by atoms with Crippen LogP contribution in [0, 0.1) is 6.92 Å². The predicted octanol–water partition coefficient (Wildman–Crippen LogP) is 0.481. The fraction of sp³-hybridized carbons (Fsp3) is 0.273. The van der Waals surface area contributed by atoms with Gasteiger partial charge in [-0.1, -0.05) is 0 Å². The third-order valence-electron chi connectivity index (χ3n) is 2.37. The third kappa shape index (κ3) is 2.87. The van der Waals surface area contributed by atoms with E-state index in [9.17, 15) is 4.79 Å². The van der Waals surface area contributed by atoms with Crippen LogP contribution in [0.25, 0.3) is 0 Å². The normalized spacial score (nSPS) is 10.2. The topological polar surface area (TPSA) is 83.6 Å². The Bertz CT molecular complexity index is 494. The Morgan fingerprint density at radius 1 is 1.41 bits per heavy atom. The number of aromatic amines is 1. The monoisotopic (exact) mass is 231 g/mol. The fourth-order valence-electron chi connectivity index (χ4n) is 1.45. The minimum Gasteiger partial charge on any atom is -0.350 e. The van der Waals surface area contributed by atoms with E-state index in [1.54, 1.807) is 12.4 Å². The lowest BCUT2D eigenvalue weighted by atomic mass is 10.2. The molecule has 0 aliphatic heterocycles. The van der Waals surface area contributed by atoms with E-state index in [1.807, 2.05) is 6.92 Å². The number of rotatable bonds is 4. The molecule has 1 amide bonds. The summed E-state index contributed by atoms with van der Waals surface area (Å²) in [5.41, 5.74) is 2.25. The Balaban J connectivity index is 1.84. The van der Waals surface area contributed by atoms with Crippen molar-refractivity contribution in [1.82, 2.24) is 25.3 Å².